The number of carbonyl (C=O) groups excluding carboxylic acids is 1. The second-order valence-corrected chi connectivity index (χ2v) is 5.69. The third-order valence-corrected chi connectivity index (χ3v) is 3.89. The summed E-state index contributed by atoms with van der Waals surface area (Å²) in [6, 6.07) is 13.5. The fourth-order valence-electron chi connectivity index (χ4n) is 2.71. The lowest BCUT2D eigenvalue weighted by molar-refractivity contribution is 0.247. The highest BCUT2D eigenvalue weighted by Crippen LogP contribution is 2.22. The van der Waals surface area contributed by atoms with E-state index in [-0.39, 0.29) is 6.03 Å². The number of amides is 2. The summed E-state index contributed by atoms with van der Waals surface area (Å²) in [5, 5.41) is 6.66. The van der Waals surface area contributed by atoms with Gasteiger partial charge in [0.2, 0.25) is 0 Å². The van der Waals surface area contributed by atoms with Crippen molar-refractivity contribution in [1.29, 1.82) is 0 Å². The van der Waals surface area contributed by atoms with Crippen molar-refractivity contribution in [2.45, 2.75) is 13.8 Å². The van der Waals surface area contributed by atoms with Gasteiger partial charge < -0.3 is 20.4 Å². The van der Waals surface area contributed by atoms with Gasteiger partial charge >= 0.3 is 6.03 Å². The van der Waals surface area contributed by atoms with Crippen LogP contribution < -0.4 is 15.4 Å². The van der Waals surface area contributed by atoms with E-state index in [1.165, 1.54) is 0 Å². The molecule has 3 N–H and O–H groups in total. The minimum atomic E-state index is -0.242. The average Bonchev–Trinajstić information content (AvgIpc) is 3.03. The number of rotatable bonds is 5. The number of H-pyrrole nitrogens is 1. The van der Waals surface area contributed by atoms with Gasteiger partial charge in [-0.1, -0.05) is 24.3 Å². The molecule has 0 spiro atoms. The Morgan fingerprint density at radius 1 is 1.08 bits per heavy atom. The molecule has 0 radical (unpaired) electrons. The van der Waals surface area contributed by atoms with Crippen LogP contribution in [0.4, 0.5) is 10.5 Å². The number of hydrogen-bond donors (Lipinski definition) is 3. The van der Waals surface area contributed by atoms with Crippen molar-refractivity contribution in [3.8, 4) is 5.75 Å². The number of ether oxygens (including phenoxy) is 1. The number of hydrogen-bond acceptors (Lipinski definition) is 2. The van der Waals surface area contributed by atoms with Crippen molar-refractivity contribution in [2.24, 2.45) is 0 Å². The summed E-state index contributed by atoms with van der Waals surface area (Å²) in [6.45, 7) is 4.89. The number of fused-ring (bicyclic) bond motifs is 1. The van der Waals surface area contributed by atoms with Crippen molar-refractivity contribution in [3.63, 3.8) is 0 Å². The monoisotopic (exact) mass is 323 g/mol. The molecule has 124 valence electrons. The molecule has 1 aromatic heterocycles. The van der Waals surface area contributed by atoms with Gasteiger partial charge in [0.1, 0.15) is 12.4 Å². The van der Waals surface area contributed by atoms with E-state index in [4.69, 9.17) is 4.74 Å². The fourth-order valence-corrected chi connectivity index (χ4v) is 2.71. The zero-order valence-corrected chi connectivity index (χ0v) is 13.8. The Labute approximate surface area is 141 Å². The Balaban J connectivity index is 1.50. The van der Waals surface area contributed by atoms with Crippen LogP contribution in [0.3, 0.4) is 0 Å². The molecule has 0 unspecified atom stereocenters. The minimum absolute atomic E-state index is 0.242. The van der Waals surface area contributed by atoms with Crippen LogP contribution in [0, 0.1) is 13.8 Å². The lowest BCUT2D eigenvalue weighted by Crippen LogP contribution is -2.32. The largest absolute Gasteiger partial charge is 0.491 e. The molecule has 5 nitrogen and oxygen atoms in total. The second-order valence-electron chi connectivity index (χ2n) is 5.69. The molecule has 24 heavy (non-hydrogen) atoms. The highest BCUT2D eigenvalue weighted by molar-refractivity contribution is 6.00. The molecule has 3 rings (SSSR count). The van der Waals surface area contributed by atoms with E-state index in [1.807, 2.05) is 62.5 Å². The third-order valence-electron chi connectivity index (χ3n) is 3.89. The first-order chi connectivity index (χ1) is 11.6. The number of benzene rings is 2. The highest BCUT2D eigenvalue weighted by atomic mass is 16.5. The van der Waals surface area contributed by atoms with Crippen LogP contribution in [0.1, 0.15) is 11.1 Å². The lowest BCUT2D eigenvalue weighted by Gasteiger charge is -2.13. The normalized spacial score (nSPS) is 10.6. The molecule has 2 amide bonds. The molecule has 0 aliphatic rings. The number of anilines is 1. The molecule has 2 aromatic carbocycles. The van der Waals surface area contributed by atoms with Crippen LogP contribution >= 0.6 is 0 Å². The number of aryl methyl sites for hydroxylation is 2. The van der Waals surface area contributed by atoms with Gasteiger partial charge in [-0.25, -0.2) is 4.79 Å². The molecular formula is C19H21N3O2. The van der Waals surface area contributed by atoms with Crippen molar-refractivity contribution in [3.05, 3.63) is 59.8 Å². The molecule has 5 heteroatoms. The van der Waals surface area contributed by atoms with Crippen LogP contribution in [-0.2, 0) is 0 Å². The van der Waals surface area contributed by atoms with Gasteiger partial charge in [0.05, 0.1) is 12.2 Å². The number of carbonyl (C=O) groups is 1. The molecule has 0 atom stereocenters. The summed E-state index contributed by atoms with van der Waals surface area (Å²) in [7, 11) is 0. The Morgan fingerprint density at radius 3 is 2.62 bits per heavy atom. The van der Waals surface area contributed by atoms with Crippen LogP contribution in [0.2, 0.25) is 0 Å². The first-order valence-corrected chi connectivity index (χ1v) is 7.95. The van der Waals surface area contributed by atoms with Gasteiger partial charge in [-0.05, 0) is 43.2 Å². The first-order valence-electron chi connectivity index (χ1n) is 7.95. The number of nitrogens with one attached hydrogen (secondary N) is 3. The van der Waals surface area contributed by atoms with Gasteiger partial charge in [-0.2, -0.15) is 0 Å². The zero-order valence-electron chi connectivity index (χ0n) is 13.8. The Hall–Kier alpha value is -2.95. The third kappa shape index (κ3) is 3.51. The molecule has 0 bridgehead atoms. The van der Waals surface area contributed by atoms with E-state index >= 15 is 0 Å². The maximum atomic E-state index is 12.0. The van der Waals surface area contributed by atoms with Crippen LogP contribution in [0.5, 0.6) is 5.75 Å². The quantitative estimate of drug-likeness (QED) is 0.622. The standard InChI is InChI=1S/C19H21N3O2/c1-13-5-3-6-14(2)18(13)24-12-11-21-19(23)22-17-8-4-7-16-15(17)9-10-20-16/h3-10,20H,11-12H2,1-2H3,(H2,21,22,23). The van der Waals surface area contributed by atoms with Gasteiger partial charge in [-0.3, -0.25) is 0 Å². The molecule has 0 aliphatic carbocycles. The van der Waals surface area contributed by atoms with Crippen molar-refractivity contribution >= 4 is 22.6 Å². The number of para-hydroxylation sites is 1. The molecule has 0 saturated carbocycles. The van der Waals surface area contributed by atoms with E-state index < -0.39 is 0 Å². The lowest BCUT2D eigenvalue weighted by atomic mass is 10.1. The maximum absolute atomic E-state index is 12.0. The summed E-state index contributed by atoms with van der Waals surface area (Å²) >= 11 is 0. The molecule has 0 aliphatic heterocycles. The van der Waals surface area contributed by atoms with Crippen LogP contribution in [0.15, 0.2) is 48.7 Å². The summed E-state index contributed by atoms with van der Waals surface area (Å²) in [6.07, 6.45) is 1.85. The summed E-state index contributed by atoms with van der Waals surface area (Å²) in [5.74, 6) is 0.886. The Morgan fingerprint density at radius 2 is 1.83 bits per heavy atom. The number of aromatic nitrogens is 1. The molecular weight excluding hydrogens is 302 g/mol. The maximum Gasteiger partial charge on any atom is 0.319 e. The number of urea groups is 1. The van der Waals surface area contributed by atoms with E-state index in [2.05, 4.69) is 15.6 Å². The average molecular weight is 323 g/mol. The Kier molecular flexibility index (Phi) is 4.70. The molecule has 0 saturated heterocycles. The van der Waals surface area contributed by atoms with Crippen molar-refractivity contribution in [2.75, 3.05) is 18.5 Å². The van der Waals surface area contributed by atoms with Gasteiger partial charge in [0.25, 0.3) is 0 Å². The molecule has 3 aromatic rings. The zero-order chi connectivity index (χ0) is 16.9. The number of aromatic amines is 1. The fraction of sp³-hybridized carbons (Fsp3) is 0.211. The SMILES string of the molecule is Cc1cccc(C)c1OCCNC(=O)Nc1cccc2[nH]ccc12. The summed E-state index contributed by atoms with van der Waals surface area (Å²) in [5.41, 5.74) is 3.96. The van der Waals surface area contributed by atoms with E-state index in [0.717, 1.165) is 33.5 Å². The van der Waals surface area contributed by atoms with Gasteiger partial charge in [0.15, 0.2) is 0 Å². The summed E-state index contributed by atoms with van der Waals surface area (Å²) < 4.78 is 5.78. The van der Waals surface area contributed by atoms with E-state index in [0.29, 0.717) is 13.2 Å². The van der Waals surface area contributed by atoms with Crippen molar-refractivity contribution < 1.29 is 9.53 Å². The van der Waals surface area contributed by atoms with Gasteiger partial charge in [-0.15, -0.1) is 0 Å². The predicted octanol–water partition coefficient (Wildman–Crippen LogP) is 3.99. The predicted molar refractivity (Wildman–Crippen MR) is 96.7 cm³/mol. The summed E-state index contributed by atoms with van der Waals surface area (Å²) in [4.78, 5) is 15.2. The topological polar surface area (TPSA) is 66.2 Å². The smallest absolute Gasteiger partial charge is 0.319 e. The van der Waals surface area contributed by atoms with E-state index in [9.17, 15) is 4.79 Å². The van der Waals surface area contributed by atoms with Crippen LogP contribution in [-0.4, -0.2) is 24.2 Å². The van der Waals surface area contributed by atoms with Gasteiger partial charge in [0, 0.05) is 17.1 Å². The molecule has 0 fully saturated rings. The highest BCUT2D eigenvalue weighted by Gasteiger charge is 2.06. The molecule has 1 heterocycles. The Bertz CT molecular complexity index is 834. The minimum Gasteiger partial charge on any atom is -0.491 e. The van der Waals surface area contributed by atoms with Crippen LogP contribution in [0.25, 0.3) is 10.9 Å². The second kappa shape index (κ2) is 7.08. The van der Waals surface area contributed by atoms with E-state index in [1.54, 1.807) is 0 Å². The van der Waals surface area contributed by atoms with Crippen molar-refractivity contribution in [1.82, 2.24) is 10.3 Å². The first kappa shape index (κ1) is 15.9.